The molecular formula is C17H27NO2. The topological polar surface area (TPSA) is 44.5 Å². The molecule has 0 saturated heterocycles. The van der Waals surface area contributed by atoms with Gasteiger partial charge in [-0.3, -0.25) is 0 Å². The number of ether oxygens (including phenoxy) is 2. The van der Waals surface area contributed by atoms with E-state index < -0.39 is 0 Å². The summed E-state index contributed by atoms with van der Waals surface area (Å²) in [4.78, 5) is 0. The zero-order chi connectivity index (χ0) is 14.2. The van der Waals surface area contributed by atoms with Crippen molar-refractivity contribution in [1.29, 1.82) is 0 Å². The zero-order valence-corrected chi connectivity index (χ0v) is 12.5. The lowest BCUT2D eigenvalue weighted by Gasteiger charge is -2.28. The number of nitrogens with two attached hydrogens (primary N) is 1. The Labute approximate surface area is 122 Å². The summed E-state index contributed by atoms with van der Waals surface area (Å²) >= 11 is 0. The highest BCUT2D eigenvalue weighted by molar-refractivity contribution is 5.27. The fourth-order valence-corrected chi connectivity index (χ4v) is 2.81. The molecule has 2 atom stereocenters. The van der Waals surface area contributed by atoms with E-state index in [1.807, 2.05) is 12.1 Å². The van der Waals surface area contributed by atoms with Crippen LogP contribution in [0, 0.1) is 5.92 Å². The van der Waals surface area contributed by atoms with E-state index in [1.54, 1.807) is 0 Å². The Bertz CT molecular complexity index is 377. The van der Waals surface area contributed by atoms with Gasteiger partial charge in [-0.2, -0.15) is 0 Å². The molecule has 1 saturated carbocycles. The van der Waals surface area contributed by atoms with Crippen LogP contribution in [0.1, 0.15) is 38.2 Å². The highest BCUT2D eigenvalue weighted by atomic mass is 16.5. The van der Waals surface area contributed by atoms with Crippen LogP contribution >= 0.6 is 0 Å². The molecule has 0 bridgehead atoms. The Morgan fingerprint density at radius 2 is 1.85 bits per heavy atom. The molecular weight excluding hydrogens is 250 g/mol. The zero-order valence-electron chi connectivity index (χ0n) is 12.5. The van der Waals surface area contributed by atoms with Gasteiger partial charge in [-0.05, 0) is 49.4 Å². The Balaban J connectivity index is 1.65. The van der Waals surface area contributed by atoms with Gasteiger partial charge in [-0.1, -0.05) is 31.9 Å². The summed E-state index contributed by atoms with van der Waals surface area (Å²) in [5.41, 5.74) is 6.79. The quantitative estimate of drug-likeness (QED) is 0.779. The average Bonchev–Trinajstić information content (AvgIpc) is 2.47. The summed E-state index contributed by atoms with van der Waals surface area (Å²) in [6, 6.07) is 8.17. The van der Waals surface area contributed by atoms with Crippen LogP contribution in [0.3, 0.4) is 0 Å². The normalized spacial score (nSPS) is 22.7. The van der Waals surface area contributed by atoms with Crippen molar-refractivity contribution in [3.05, 3.63) is 29.8 Å². The average molecular weight is 277 g/mol. The Morgan fingerprint density at radius 1 is 1.10 bits per heavy atom. The van der Waals surface area contributed by atoms with Gasteiger partial charge in [0, 0.05) is 0 Å². The van der Waals surface area contributed by atoms with Crippen molar-refractivity contribution in [1.82, 2.24) is 0 Å². The van der Waals surface area contributed by atoms with Crippen LogP contribution in [0.15, 0.2) is 24.3 Å². The predicted octanol–water partition coefficient (Wildman–Crippen LogP) is 3.16. The standard InChI is InChI=1S/C17H27NO2/c1-14-4-2-3-5-17(14)20-13-12-19-16-8-6-15(7-9-16)10-11-18/h6-9,14,17H,2-5,10-13,18H2,1H3. The second-order valence-electron chi connectivity index (χ2n) is 5.70. The van der Waals surface area contributed by atoms with Crippen LogP contribution in [0.25, 0.3) is 0 Å². The van der Waals surface area contributed by atoms with Gasteiger partial charge in [-0.25, -0.2) is 0 Å². The molecule has 0 radical (unpaired) electrons. The largest absolute Gasteiger partial charge is 0.491 e. The van der Waals surface area contributed by atoms with Crippen LogP contribution in [0.4, 0.5) is 0 Å². The van der Waals surface area contributed by atoms with E-state index in [1.165, 1.54) is 31.2 Å². The van der Waals surface area contributed by atoms with Crippen molar-refractivity contribution in [2.24, 2.45) is 11.7 Å². The lowest BCUT2D eigenvalue weighted by atomic mass is 9.88. The number of benzene rings is 1. The first kappa shape index (κ1) is 15.3. The Hall–Kier alpha value is -1.06. The lowest BCUT2D eigenvalue weighted by Crippen LogP contribution is -2.27. The molecule has 112 valence electrons. The van der Waals surface area contributed by atoms with E-state index in [4.69, 9.17) is 15.2 Å². The summed E-state index contributed by atoms with van der Waals surface area (Å²) in [6.45, 7) is 4.29. The van der Waals surface area contributed by atoms with Gasteiger partial charge in [0.1, 0.15) is 12.4 Å². The fraction of sp³-hybridized carbons (Fsp3) is 0.647. The molecule has 1 aliphatic carbocycles. The minimum absolute atomic E-state index is 0.430. The van der Waals surface area contributed by atoms with Gasteiger partial charge >= 0.3 is 0 Å². The number of hydrogen-bond donors (Lipinski definition) is 1. The monoisotopic (exact) mass is 277 g/mol. The predicted molar refractivity (Wildman–Crippen MR) is 82.1 cm³/mol. The van der Waals surface area contributed by atoms with Crippen molar-refractivity contribution in [3.8, 4) is 5.75 Å². The van der Waals surface area contributed by atoms with Crippen molar-refractivity contribution >= 4 is 0 Å². The molecule has 1 aliphatic rings. The molecule has 20 heavy (non-hydrogen) atoms. The lowest BCUT2D eigenvalue weighted by molar-refractivity contribution is -0.0165. The molecule has 0 amide bonds. The van der Waals surface area contributed by atoms with Crippen molar-refractivity contribution < 1.29 is 9.47 Å². The van der Waals surface area contributed by atoms with Gasteiger partial charge in [-0.15, -0.1) is 0 Å². The van der Waals surface area contributed by atoms with Crippen LogP contribution < -0.4 is 10.5 Å². The smallest absolute Gasteiger partial charge is 0.119 e. The van der Waals surface area contributed by atoms with Crippen LogP contribution in [-0.4, -0.2) is 25.9 Å². The number of hydrogen-bond acceptors (Lipinski definition) is 3. The molecule has 2 N–H and O–H groups in total. The minimum atomic E-state index is 0.430. The first-order chi connectivity index (χ1) is 9.79. The van der Waals surface area contributed by atoms with Gasteiger partial charge in [0.15, 0.2) is 0 Å². The van der Waals surface area contributed by atoms with Crippen molar-refractivity contribution in [3.63, 3.8) is 0 Å². The molecule has 3 nitrogen and oxygen atoms in total. The maximum absolute atomic E-state index is 5.94. The maximum atomic E-state index is 5.94. The minimum Gasteiger partial charge on any atom is -0.491 e. The second kappa shape index (κ2) is 8.28. The Kier molecular flexibility index (Phi) is 6.34. The molecule has 1 fully saturated rings. The molecule has 0 spiro atoms. The molecule has 3 heteroatoms. The van der Waals surface area contributed by atoms with Gasteiger partial charge in [0.05, 0.1) is 12.7 Å². The third-order valence-corrected chi connectivity index (χ3v) is 4.07. The van der Waals surface area contributed by atoms with Crippen molar-refractivity contribution in [2.45, 2.75) is 45.1 Å². The highest BCUT2D eigenvalue weighted by Gasteiger charge is 2.21. The van der Waals surface area contributed by atoms with E-state index in [-0.39, 0.29) is 0 Å². The third kappa shape index (κ3) is 4.80. The van der Waals surface area contributed by atoms with Gasteiger partial charge < -0.3 is 15.2 Å². The van der Waals surface area contributed by atoms with Crippen LogP contribution in [-0.2, 0) is 11.2 Å². The van der Waals surface area contributed by atoms with Crippen molar-refractivity contribution in [2.75, 3.05) is 19.8 Å². The highest BCUT2D eigenvalue weighted by Crippen LogP contribution is 2.26. The molecule has 0 heterocycles. The van der Waals surface area contributed by atoms with E-state index in [2.05, 4.69) is 19.1 Å². The third-order valence-electron chi connectivity index (χ3n) is 4.07. The second-order valence-corrected chi connectivity index (χ2v) is 5.70. The van der Waals surface area contributed by atoms with E-state index in [0.29, 0.717) is 31.8 Å². The first-order valence-corrected chi connectivity index (χ1v) is 7.83. The molecule has 0 aromatic heterocycles. The van der Waals surface area contributed by atoms with Crippen LogP contribution in [0.2, 0.25) is 0 Å². The summed E-state index contributed by atoms with van der Waals surface area (Å²) in [5.74, 6) is 1.60. The number of rotatable bonds is 7. The molecule has 2 rings (SSSR count). The first-order valence-electron chi connectivity index (χ1n) is 7.83. The van der Waals surface area contributed by atoms with Gasteiger partial charge in [0.25, 0.3) is 0 Å². The molecule has 1 aromatic rings. The van der Waals surface area contributed by atoms with Gasteiger partial charge in [0.2, 0.25) is 0 Å². The Morgan fingerprint density at radius 3 is 2.55 bits per heavy atom. The summed E-state index contributed by atoms with van der Waals surface area (Å²) in [7, 11) is 0. The summed E-state index contributed by atoms with van der Waals surface area (Å²) < 4.78 is 11.6. The maximum Gasteiger partial charge on any atom is 0.119 e. The van der Waals surface area contributed by atoms with E-state index in [9.17, 15) is 0 Å². The fourth-order valence-electron chi connectivity index (χ4n) is 2.81. The summed E-state index contributed by atoms with van der Waals surface area (Å²) in [5, 5.41) is 0. The SMILES string of the molecule is CC1CCCCC1OCCOc1ccc(CCN)cc1. The van der Waals surface area contributed by atoms with E-state index >= 15 is 0 Å². The molecule has 2 unspecified atom stereocenters. The summed E-state index contributed by atoms with van der Waals surface area (Å²) in [6.07, 6.45) is 6.51. The van der Waals surface area contributed by atoms with Crippen LogP contribution in [0.5, 0.6) is 5.75 Å². The van der Waals surface area contributed by atoms with E-state index in [0.717, 1.165) is 12.2 Å². The molecule has 1 aromatic carbocycles. The molecule has 0 aliphatic heterocycles.